The Morgan fingerprint density at radius 3 is 1.55 bits per heavy atom. The molecule has 0 aromatic rings. The highest BCUT2D eigenvalue weighted by molar-refractivity contribution is 7.75. The van der Waals surface area contributed by atoms with Crippen LogP contribution in [0.15, 0.2) is 0 Å². The van der Waals surface area contributed by atoms with Crippen molar-refractivity contribution in [3.05, 3.63) is 0 Å². The average Bonchev–Trinajstić information content (AvgIpc) is 2.00. The second-order valence-electron chi connectivity index (χ2n) is 1.59. The fourth-order valence-electron chi connectivity index (χ4n) is 0.512. The zero-order chi connectivity index (χ0) is 8.91. The lowest BCUT2D eigenvalue weighted by Gasteiger charge is -2.17. The van der Waals surface area contributed by atoms with Gasteiger partial charge in [0.1, 0.15) is 4.99 Å². The minimum Gasteiger partial charge on any atom is -0.373 e. The largest absolute Gasteiger partial charge is 0.544 e. The van der Waals surface area contributed by atoms with Crippen LogP contribution in [-0.2, 0) is 23.6 Å². The van der Waals surface area contributed by atoms with Gasteiger partial charge in [-0.2, -0.15) is 8.42 Å². The van der Waals surface area contributed by atoms with Crippen LogP contribution in [0.1, 0.15) is 0 Å². The lowest BCUT2D eigenvalue weighted by molar-refractivity contribution is 0.147. The maximum atomic E-state index is 10.2. The van der Waals surface area contributed by atoms with E-state index in [1.165, 1.54) is 21.3 Å². The number of rotatable bonds is 4. The minimum atomic E-state index is -3.02. The van der Waals surface area contributed by atoms with E-state index in [4.69, 9.17) is 13.3 Å². The summed E-state index contributed by atoms with van der Waals surface area (Å²) in [5, 5.41) is 0. The Balaban J connectivity index is 4.70. The molecule has 0 bridgehead atoms. The molecule has 0 radical (unpaired) electrons. The van der Waals surface area contributed by atoms with Gasteiger partial charge >= 0.3 is 8.80 Å². The normalized spacial score (nSPS) is 11.2. The highest BCUT2D eigenvalue weighted by Gasteiger charge is 2.36. The summed E-state index contributed by atoms with van der Waals surface area (Å²) in [6.45, 7) is 0. The third kappa shape index (κ3) is 3.12. The van der Waals surface area contributed by atoms with Gasteiger partial charge in [-0.15, -0.1) is 0 Å². The van der Waals surface area contributed by atoms with Crippen LogP contribution in [-0.4, -0.2) is 43.5 Å². The summed E-state index contributed by atoms with van der Waals surface area (Å²) in [6.07, 6.45) is 0. The molecule has 0 aromatic heterocycles. The van der Waals surface area contributed by atoms with E-state index in [9.17, 15) is 8.42 Å². The summed E-state index contributed by atoms with van der Waals surface area (Å²) in [5.74, 6) is 0. The Kier molecular flexibility index (Phi) is 4.53. The maximum absolute atomic E-state index is 10.2. The molecule has 0 amide bonds. The molecular formula is C4H10O5SSi. The smallest absolute Gasteiger partial charge is 0.373 e. The molecule has 0 rings (SSSR count). The van der Waals surface area contributed by atoms with Crippen molar-refractivity contribution in [3.63, 3.8) is 0 Å². The minimum absolute atomic E-state index is 0.910. The quantitative estimate of drug-likeness (QED) is 0.432. The lowest BCUT2D eigenvalue weighted by Crippen LogP contribution is -2.45. The van der Waals surface area contributed by atoms with Gasteiger partial charge in [-0.05, 0) is 0 Å². The predicted molar refractivity (Wildman–Crippen MR) is 41.8 cm³/mol. The lowest BCUT2D eigenvalue weighted by atomic mass is 11.8. The third-order valence-electron chi connectivity index (χ3n) is 1.09. The predicted octanol–water partition coefficient (Wildman–Crippen LogP) is -0.915. The van der Waals surface area contributed by atoms with Crippen LogP contribution in [0.4, 0.5) is 0 Å². The first-order chi connectivity index (χ1) is 5.10. The van der Waals surface area contributed by atoms with Crippen LogP contribution in [0.3, 0.4) is 0 Å². The van der Waals surface area contributed by atoms with E-state index in [1.807, 2.05) is 0 Å². The molecule has 66 valence electrons. The van der Waals surface area contributed by atoms with Crippen molar-refractivity contribution < 1.29 is 21.7 Å². The van der Waals surface area contributed by atoms with Crippen molar-refractivity contribution in [1.29, 1.82) is 0 Å². The SMILES string of the molecule is CO[Si](C=S(=O)=O)(OC)OC. The van der Waals surface area contributed by atoms with Crippen LogP contribution in [0.2, 0.25) is 0 Å². The second kappa shape index (κ2) is 4.62. The van der Waals surface area contributed by atoms with Gasteiger partial charge in [0.05, 0.1) is 0 Å². The van der Waals surface area contributed by atoms with Crippen LogP contribution in [0.5, 0.6) is 0 Å². The molecule has 0 unspecified atom stereocenters. The van der Waals surface area contributed by atoms with Crippen LogP contribution < -0.4 is 0 Å². The molecule has 0 aliphatic rings. The molecule has 0 aliphatic carbocycles. The van der Waals surface area contributed by atoms with Crippen molar-refractivity contribution >= 4 is 24.1 Å². The molecule has 0 atom stereocenters. The molecule has 0 N–H and O–H groups in total. The van der Waals surface area contributed by atoms with Gasteiger partial charge in [-0.25, -0.2) is 0 Å². The molecule has 0 heterocycles. The van der Waals surface area contributed by atoms with Crippen molar-refractivity contribution in [2.75, 3.05) is 21.3 Å². The third-order valence-corrected chi connectivity index (χ3v) is 4.73. The van der Waals surface area contributed by atoms with E-state index >= 15 is 0 Å². The molecule has 0 saturated heterocycles. The topological polar surface area (TPSA) is 61.8 Å². The van der Waals surface area contributed by atoms with Gasteiger partial charge in [-0.3, -0.25) is 0 Å². The van der Waals surface area contributed by atoms with Crippen molar-refractivity contribution in [3.8, 4) is 0 Å². The van der Waals surface area contributed by atoms with E-state index < -0.39 is 19.1 Å². The van der Waals surface area contributed by atoms with Crippen molar-refractivity contribution in [1.82, 2.24) is 0 Å². The van der Waals surface area contributed by atoms with Gasteiger partial charge < -0.3 is 13.3 Å². The second-order valence-corrected chi connectivity index (χ2v) is 5.49. The summed E-state index contributed by atoms with van der Waals surface area (Å²) in [6, 6.07) is 0. The highest BCUT2D eigenvalue weighted by Crippen LogP contribution is 2.00. The first-order valence-electron chi connectivity index (χ1n) is 2.69. The maximum Gasteiger partial charge on any atom is 0.544 e. The first kappa shape index (κ1) is 10.8. The molecule has 7 heteroatoms. The van der Waals surface area contributed by atoms with Crippen LogP contribution in [0.25, 0.3) is 0 Å². The van der Waals surface area contributed by atoms with Crippen LogP contribution in [0, 0.1) is 0 Å². The molecular weight excluding hydrogens is 188 g/mol. The van der Waals surface area contributed by atoms with Gasteiger partial charge in [0, 0.05) is 21.3 Å². The first-order valence-corrected chi connectivity index (χ1v) is 5.63. The average molecular weight is 198 g/mol. The monoisotopic (exact) mass is 198 g/mol. The molecule has 0 aliphatic heterocycles. The highest BCUT2D eigenvalue weighted by atomic mass is 32.2. The van der Waals surface area contributed by atoms with E-state index in [2.05, 4.69) is 0 Å². The fraction of sp³-hybridized carbons (Fsp3) is 0.750. The Labute approximate surface area is 67.8 Å². The van der Waals surface area contributed by atoms with Gasteiger partial charge in [0.25, 0.3) is 0 Å². The van der Waals surface area contributed by atoms with E-state index in [0.717, 1.165) is 4.99 Å². The van der Waals surface area contributed by atoms with Gasteiger partial charge in [0.15, 0.2) is 0 Å². The van der Waals surface area contributed by atoms with Crippen LogP contribution >= 0.6 is 0 Å². The Hall–Kier alpha value is -0.213. The van der Waals surface area contributed by atoms with E-state index in [-0.39, 0.29) is 0 Å². The van der Waals surface area contributed by atoms with E-state index in [0.29, 0.717) is 0 Å². The fourth-order valence-corrected chi connectivity index (χ4v) is 3.11. The summed E-state index contributed by atoms with van der Waals surface area (Å²) >= 11 is 0. The molecule has 0 aromatic carbocycles. The summed E-state index contributed by atoms with van der Waals surface area (Å²) in [4.78, 5) is 0.910. The Morgan fingerprint density at radius 1 is 1.09 bits per heavy atom. The number of hydrogen-bond acceptors (Lipinski definition) is 5. The standard InChI is InChI=1S/C4H10O5SSi/c1-7-11(8-2,9-3)4-10(5)6/h4H,1-3H3. The molecule has 0 spiro atoms. The zero-order valence-electron chi connectivity index (χ0n) is 6.53. The summed E-state index contributed by atoms with van der Waals surface area (Å²) in [5.41, 5.74) is 0. The van der Waals surface area contributed by atoms with Gasteiger partial charge in [-0.1, -0.05) is 0 Å². The van der Waals surface area contributed by atoms with Gasteiger partial charge in [0.2, 0.25) is 10.3 Å². The molecule has 0 saturated carbocycles. The number of hydrogen-bond donors (Lipinski definition) is 0. The van der Waals surface area contributed by atoms with Crippen molar-refractivity contribution in [2.24, 2.45) is 0 Å². The Bertz CT molecular complexity index is 213. The molecule has 0 fully saturated rings. The zero-order valence-corrected chi connectivity index (χ0v) is 8.34. The Morgan fingerprint density at radius 2 is 1.45 bits per heavy atom. The molecule has 11 heavy (non-hydrogen) atoms. The molecule has 5 nitrogen and oxygen atoms in total. The van der Waals surface area contributed by atoms with E-state index in [1.54, 1.807) is 0 Å². The summed E-state index contributed by atoms with van der Waals surface area (Å²) in [7, 11) is -1.33. The van der Waals surface area contributed by atoms with Crippen molar-refractivity contribution in [2.45, 2.75) is 0 Å². The summed E-state index contributed by atoms with van der Waals surface area (Å²) < 4.78 is 34.8.